The van der Waals surface area contributed by atoms with Gasteiger partial charge in [-0.3, -0.25) is 9.36 Å². The third kappa shape index (κ3) is 4.09. The Bertz CT molecular complexity index is 586. The van der Waals surface area contributed by atoms with Gasteiger partial charge in [0, 0.05) is 24.9 Å². The highest BCUT2D eigenvalue weighted by Gasteiger charge is 2.14. The third-order valence-electron chi connectivity index (χ3n) is 3.04. The van der Waals surface area contributed by atoms with Crippen LogP contribution in [-0.4, -0.2) is 15.5 Å². The van der Waals surface area contributed by atoms with Crippen LogP contribution in [0.2, 0.25) is 0 Å². The zero-order valence-corrected chi connectivity index (χ0v) is 11.2. The number of carbonyl (C=O) groups is 1. The summed E-state index contributed by atoms with van der Waals surface area (Å²) in [7, 11) is 0. The zero-order chi connectivity index (χ0) is 15.2. The summed E-state index contributed by atoms with van der Waals surface area (Å²) < 4.78 is 25.9. The van der Waals surface area contributed by atoms with Crippen LogP contribution in [0.3, 0.4) is 0 Å². The van der Waals surface area contributed by atoms with E-state index in [1.54, 1.807) is 0 Å². The molecule has 1 unspecified atom stereocenters. The van der Waals surface area contributed by atoms with E-state index in [1.807, 2.05) is 30.3 Å². The number of nitrogens with one attached hydrogen (secondary N) is 1. The third-order valence-corrected chi connectivity index (χ3v) is 3.04. The zero-order valence-electron chi connectivity index (χ0n) is 11.2. The Morgan fingerprint density at radius 2 is 2.05 bits per heavy atom. The number of amides is 1. The molecule has 7 heteroatoms. The van der Waals surface area contributed by atoms with Crippen molar-refractivity contribution in [1.82, 2.24) is 14.9 Å². The van der Waals surface area contributed by atoms with Gasteiger partial charge < -0.3 is 11.1 Å². The molecule has 2 rings (SSSR count). The molecule has 112 valence electrons. The Hall–Kier alpha value is -2.28. The van der Waals surface area contributed by atoms with Crippen LogP contribution in [0.4, 0.5) is 8.78 Å². The average molecular weight is 294 g/mol. The largest absolute Gasteiger partial charge is 0.349 e. The molecule has 1 atom stereocenters. The minimum Gasteiger partial charge on any atom is -0.349 e. The van der Waals surface area contributed by atoms with Gasteiger partial charge in [-0.25, -0.2) is 4.98 Å². The summed E-state index contributed by atoms with van der Waals surface area (Å²) in [4.78, 5) is 15.6. The fourth-order valence-corrected chi connectivity index (χ4v) is 1.93. The topological polar surface area (TPSA) is 72.9 Å². The minimum atomic E-state index is -2.68. The van der Waals surface area contributed by atoms with Crippen molar-refractivity contribution in [2.75, 3.05) is 0 Å². The number of aromatic nitrogens is 2. The Morgan fingerprint density at radius 1 is 1.33 bits per heavy atom. The fourth-order valence-electron chi connectivity index (χ4n) is 1.93. The van der Waals surface area contributed by atoms with Crippen LogP contribution in [0.15, 0.2) is 42.7 Å². The Kier molecular flexibility index (Phi) is 4.99. The van der Waals surface area contributed by atoms with Crippen molar-refractivity contribution in [3.63, 3.8) is 0 Å². The Labute approximate surface area is 120 Å². The van der Waals surface area contributed by atoms with E-state index in [9.17, 15) is 13.6 Å². The van der Waals surface area contributed by atoms with E-state index in [-0.39, 0.29) is 24.7 Å². The van der Waals surface area contributed by atoms with Crippen LogP contribution in [-0.2, 0) is 11.3 Å². The van der Waals surface area contributed by atoms with Gasteiger partial charge in [-0.1, -0.05) is 30.3 Å². The van der Waals surface area contributed by atoms with Gasteiger partial charge in [-0.05, 0) is 5.56 Å². The van der Waals surface area contributed by atoms with Crippen molar-refractivity contribution in [2.45, 2.75) is 25.6 Å². The highest BCUT2D eigenvalue weighted by atomic mass is 19.3. The molecular formula is C14H16F2N4O. The lowest BCUT2D eigenvalue weighted by Gasteiger charge is -2.12. The summed E-state index contributed by atoms with van der Waals surface area (Å²) in [5, 5.41) is 2.55. The number of benzene rings is 1. The van der Waals surface area contributed by atoms with Crippen molar-refractivity contribution in [3.8, 4) is 0 Å². The van der Waals surface area contributed by atoms with Gasteiger partial charge in [0.2, 0.25) is 5.91 Å². The molecule has 0 saturated heterocycles. The number of nitrogens with two attached hydrogens (primary N) is 1. The number of hydrogen-bond donors (Lipinski definition) is 2. The highest BCUT2D eigenvalue weighted by molar-refractivity contribution is 5.76. The van der Waals surface area contributed by atoms with Crippen molar-refractivity contribution in [1.29, 1.82) is 0 Å². The molecule has 0 saturated carbocycles. The van der Waals surface area contributed by atoms with E-state index in [2.05, 4.69) is 10.3 Å². The maximum absolute atomic E-state index is 12.6. The first-order chi connectivity index (χ1) is 10.1. The molecule has 1 amide bonds. The molecule has 5 nitrogen and oxygen atoms in total. The smallest absolute Gasteiger partial charge is 0.319 e. The summed E-state index contributed by atoms with van der Waals surface area (Å²) >= 11 is 0. The average Bonchev–Trinajstić information content (AvgIpc) is 2.94. The monoisotopic (exact) mass is 294 g/mol. The number of carbonyl (C=O) groups excluding carboxylic acids is 1. The van der Waals surface area contributed by atoms with Crippen molar-refractivity contribution >= 4 is 5.91 Å². The second-order valence-electron chi connectivity index (χ2n) is 4.53. The van der Waals surface area contributed by atoms with E-state index in [0.717, 1.165) is 5.56 Å². The number of alkyl halides is 2. The lowest BCUT2D eigenvalue weighted by Crippen LogP contribution is -2.28. The Balaban J connectivity index is 1.86. The number of halogens is 2. The first-order valence-corrected chi connectivity index (χ1v) is 6.45. The first kappa shape index (κ1) is 15.1. The van der Waals surface area contributed by atoms with E-state index in [1.165, 1.54) is 12.4 Å². The second-order valence-corrected chi connectivity index (χ2v) is 4.53. The van der Waals surface area contributed by atoms with Gasteiger partial charge >= 0.3 is 6.55 Å². The van der Waals surface area contributed by atoms with E-state index in [4.69, 9.17) is 5.73 Å². The summed E-state index contributed by atoms with van der Waals surface area (Å²) in [6.07, 6.45) is 2.52. The minimum absolute atomic E-state index is 0.0579. The molecule has 0 aliphatic carbocycles. The molecule has 0 radical (unpaired) electrons. The van der Waals surface area contributed by atoms with E-state index in [0.29, 0.717) is 4.57 Å². The highest BCUT2D eigenvalue weighted by Crippen LogP contribution is 2.14. The van der Waals surface area contributed by atoms with Crippen LogP contribution in [0.5, 0.6) is 0 Å². The van der Waals surface area contributed by atoms with Gasteiger partial charge in [-0.2, -0.15) is 8.78 Å². The van der Waals surface area contributed by atoms with Gasteiger partial charge in [0.25, 0.3) is 0 Å². The normalized spacial score (nSPS) is 12.4. The van der Waals surface area contributed by atoms with Crippen molar-refractivity contribution in [3.05, 3.63) is 54.1 Å². The van der Waals surface area contributed by atoms with E-state index < -0.39 is 12.6 Å². The molecule has 0 fully saturated rings. The number of nitrogens with zero attached hydrogens (tertiary/aromatic N) is 2. The Morgan fingerprint density at radius 3 is 2.71 bits per heavy atom. The van der Waals surface area contributed by atoms with Crippen LogP contribution in [0.25, 0.3) is 0 Å². The van der Waals surface area contributed by atoms with Crippen LogP contribution >= 0.6 is 0 Å². The molecular weight excluding hydrogens is 278 g/mol. The molecule has 1 aromatic heterocycles. The SMILES string of the molecule is NC(CC(=O)NCc1nccn1C(F)F)c1ccccc1. The summed E-state index contributed by atoms with van der Waals surface area (Å²) in [5.74, 6) is -0.207. The lowest BCUT2D eigenvalue weighted by atomic mass is 10.0. The van der Waals surface area contributed by atoms with Crippen LogP contribution in [0, 0.1) is 0 Å². The standard InChI is InChI=1S/C14H16F2N4O/c15-14(16)20-7-6-18-12(20)9-19-13(21)8-11(17)10-4-2-1-3-5-10/h1-7,11,14H,8-9,17H2,(H,19,21). The number of hydrogen-bond acceptors (Lipinski definition) is 3. The molecule has 0 spiro atoms. The summed E-state index contributed by atoms with van der Waals surface area (Å²) in [5.41, 5.74) is 6.77. The fraction of sp³-hybridized carbons (Fsp3) is 0.286. The van der Waals surface area contributed by atoms with Crippen molar-refractivity contribution in [2.24, 2.45) is 5.73 Å². The summed E-state index contributed by atoms with van der Waals surface area (Å²) in [6.45, 7) is -2.73. The van der Waals surface area contributed by atoms with E-state index >= 15 is 0 Å². The van der Waals surface area contributed by atoms with Gasteiger partial charge in [0.15, 0.2) is 0 Å². The molecule has 2 aromatic rings. The maximum Gasteiger partial charge on any atom is 0.319 e. The predicted molar refractivity (Wildman–Crippen MR) is 73.3 cm³/mol. The molecule has 3 N–H and O–H groups in total. The van der Waals surface area contributed by atoms with Gasteiger partial charge in [0.1, 0.15) is 5.82 Å². The molecule has 0 bridgehead atoms. The lowest BCUT2D eigenvalue weighted by molar-refractivity contribution is -0.121. The number of imidazole rings is 1. The van der Waals surface area contributed by atoms with Gasteiger partial charge in [0.05, 0.1) is 6.54 Å². The van der Waals surface area contributed by atoms with Crippen LogP contribution in [0.1, 0.15) is 30.4 Å². The molecule has 21 heavy (non-hydrogen) atoms. The van der Waals surface area contributed by atoms with Crippen LogP contribution < -0.4 is 11.1 Å². The van der Waals surface area contributed by atoms with Gasteiger partial charge in [-0.15, -0.1) is 0 Å². The van der Waals surface area contributed by atoms with Crippen molar-refractivity contribution < 1.29 is 13.6 Å². The first-order valence-electron chi connectivity index (χ1n) is 6.45. The summed E-state index contributed by atoms with van der Waals surface area (Å²) in [6, 6.07) is 8.78. The maximum atomic E-state index is 12.6. The molecule has 1 aromatic carbocycles. The molecule has 0 aliphatic rings. The molecule has 1 heterocycles. The predicted octanol–water partition coefficient (Wildman–Crippen LogP) is 1.98. The number of rotatable bonds is 6. The molecule has 0 aliphatic heterocycles. The second kappa shape index (κ2) is 6.94. The quantitative estimate of drug-likeness (QED) is 0.855.